The lowest BCUT2D eigenvalue weighted by molar-refractivity contribution is -0.197. The van der Waals surface area contributed by atoms with Crippen molar-refractivity contribution in [1.82, 2.24) is 0 Å². The second-order valence-electron chi connectivity index (χ2n) is 6.22. The third-order valence-corrected chi connectivity index (χ3v) is 4.67. The largest absolute Gasteiger partial charge is 0.457 e. The molecule has 3 atom stereocenters. The van der Waals surface area contributed by atoms with Gasteiger partial charge in [-0.15, -0.1) is 0 Å². The van der Waals surface area contributed by atoms with Crippen LogP contribution in [0, 0.1) is 0 Å². The Morgan fingerprint density at radius 3 is 2.74 bits per heavy atom. The van der Waals surface area contributed by atoms with E-state index in [0.717, 1.165) is 32.1 Å². The summed E-state index contributed by atoms with van der Waals surface area (Å²) in [6, 6.07) is 0. The first-order valence-corrected chi connectivity index (χ1v) is 7.91. The van der Waals surface area contributed by atoms with Gasteiger partial charge in [0, 0.05) is 19.2 Å². The molecule has 3 rings (SSSR count). The molecule has 1 aliphatic carbocycles. The second-order valence-corrected chi connectivity index (χ2v) is 6.22. The molecule has 3 aliphatic rings. The third kappa shape index (κ3) is 2.84. The number of unbranched alkanes of at least 4 members (excludes halogenated alkanes) is 1. The fourth-order valence-electron chi connectivity index (χ4n) is 3.69. The molecule has 108 valence electrons. The summed E-state index contributed by atoms with van der Waals surface area (Å²) in [5.74, 6) is -0.370. The van der Waals surface area contributed by atoms with Gasteiger partial charge in [0.15, 0.2) is 5.79 Å². The number of hydrogen-bond acceptors (Lipinski definition) is 4. The molecule has 3 fully saturated rings. The van der Waals surface area contributed by atoms with Gasteiger partial charge in [-0.25, -0.2) is 0 Å². The Kier molecular flexibility index (Phi) is 4.18. The quantitative estimate of drug-likeness (QED) is 0.799. The average molecular weight is 268 g/mol. The van der Waals surface area contributed by atoms with Crippen LogP contribution < -0.4 is 0 Å². The molecule has 0 aromatic heterocycles. The van der Waals surface area contributed by atoms with Crippen molar-refractivity contribution in [2.24, 2.45) is 0 Å². The molecule has 0 aromatic carbocycles. The van der Waals surface area contributed by atoms with Crippen LogP contribution in [0.4, 0.5) is 0 Å². The Bertz CT molecular complexity index is 298. The Morgan fingerprint density at radius 2 is 2.00 bits per heavy atom. The Hall–Kier alpha value is -0.0951. The molecule has 19 heavy (non-hydrogen) atoms. The van der Waals surface area contributed by atoms with E-state index < -0.39 is 7.12 Å². The summed E-state index contributed by atoms with van der Waals surface area (Å²) >= 11 is 0. The van der Waals surface area contributed by atoms with E-state index in [-0.39, 0.29) is 24.1 Å². The molecule has 2 aliphatic heterocycles. The normalized spacial score (nSPS) is 37.6. The third-order valence-electron chi connectivity index (χ3n) is 4.67. The molecule has 2 heterocycles. The van der Waals surface area contributed by atoms with Crippen molar-refractivity contribution in [2.75, 3.05) is 0 Å². The first-order valence-electron chi connectivity index (χ1n) is 7.91. The molecule has 0 aromatic rings. The zero-order chi connectivity index (χ0) is 13.3. The van der Waals surface area contributed by atoms with Gasteiger partial charge in [0.1, 0.15) is 6.10 Å². The summed E-state index contributed by atoms with van der Waals surface area (Å²) in [5, 5.41) is 9.86. The number of hydrogen-bond donors (Lipinski definition) is 1. The van der Waals surface area contributed by atoms with Crippen molar-refractivity contribution in [3.05, 3.63) is 0 Å². The summed E-state index contributed by atoms with van der Waals surface area (Å²) in [4.78, 5) is 0. The lowest BCUT2D eigenvalue weighted by atomic mass is 9.75. The minimum absolute atomic E-state index is 0.00463. The van der Waals surface area contributed by atoms with Crippen LogP contribution in [0.15, 0.2) is 0 Å². The lowest BCUT2D eigenvalue weighted by Gasteiger charge is -2.33. The van der Waals surface area contributed by atoms with Crippen molar-refractivity contribution in [1.29, 1.82) is 0 Å². The minimum Gasteiger partial charge on any atom is -0.427 e. The van der Waals surface area contributed by atoms with Gasteiger partial charge in [0.05, 0.1) is 12.2 Å². The Labute approximate surface area is 115 Å². The lowest BCUT2D eigenvalue weighted by Crippen LogP contribution is -2.48. The van der Waals surface area contributed by atoms with Gasteiger partial charge in [-0.2, -0.15) is 0 Å². The Balaban J connectivity index is 1.69. The van der Waals surface area contributed by atoms with Gasteiger partial charge in [0.2, 0.25) is 0 Å². The Morgan fingerprint density at radius 1 is 1.21 bits per heavy atom. The van der Waals surface area contributed by atoms with Crippen molar-refractivity contribution in [3.63, 3.8) is 0 Å². The zero-order valence-electron chi connectivity index (χ0n) is 11.8. The first kappa shape index (κ1) is 13.9. The molecular formula is C14H25BO4. The average Bonchev–Trinajstić information content (AvgIpc) is 2.74. The van der Waals surface area contributed by atoms with E-state index in [2.05, 4.69) is 6.92 Å². The summed E-state index contributed by atoms with van der Waals surface area (Å²) < 4.78 is 18.2. The summed E-state index contributed by atoms with van der Waals surface area (Å²) in [7, 11) is -0.689. The van der Waals surface area contributed by atoms with Gasteiger partial charge in [-0.1, -0.05) is 26.2 Å². The molecule has 1 spiro atoms. The molecule has 1 saturated carbocycles. The van der Waals surface area contributed by atoms with E-state index in [9.17, 15) is 5.02 Å². The predicted octanol–water partition coefficient (Wildman–Crippen LogP) is 2.50. The molecule has 0 unspecified atom stereocenters. The molecule has 0 radical (unpaired) electrons. The molecule has 0 amide bonds. The maximum absolute atomic E-state index is 9.86. The number of ether oxygens (including phenoxy) is 2. The standard InChI is InChI=1S/C14H25BO4/c1-2-3-7-11-13-12(10-15(16)19-11)17-14(18-13)8-5-4-6-9-14/h11-13,16H,2-10H2,1H3/t11-,12-,13+/m0/s1. The molecular weight excluding hydrogens is 243 g/mol. The summed E-state index contributed by atoms with van der Waals surface area (Å²) in [6.45, 7) is 2.17. The smallest absolute Gasteiger partial charge is 0.427 e. The van der Waals surface area contributed by atoms with Crippen molar-refractivity contribution in [2.45, 2.75) is 88.7 Å². The van der Waals surface area contributed by atoms with Crippen LogP contribution in [0.5, 0.6) is 0 Å². The van der Waals surface area contributed by atoms with Crippen LogP contribution in [-0.4, -0.2) is 36.2 Å². The topological polar surface area (TPSA) is 47.9 Å². The van der Waals surface area contributed by atoms with Crippen LogP contribution >= 0.6 is 0 Å². The molecule has 4 nitrogen and oxygen atoms in total. The van der Waals surface area contributed by atoms with E-state index in [1.807, 2.05) is 0 Å². The maximum atomic E-state index is 9.86. The zero-order valence-corrected chi connectivity index (χ0v) is 11.8. The second kappa shape index (κ2) is 5.72. The summed E-state index contributed by atoms with van der Waals surface area (Å²) in [5.41, 5.74) is 0. The number of rotatable bonds is 3. The highest BCUT2D eigenvalue weighted by atomic mass is 16.8. The van der Waals surface area contributed by atoms with Gasteiger partial charge in [-0.05, 0) is 19.3 Å². The van der Waals surface area contributed by atoms with Crippen LogP contribution in [0.1, 0.15) is 58.3 Å². The molecule has 5 heteroatoms. The first-order chi connectivity index (χ1) is 9.22. The van der Waals surface area contributed by atoms with Crippen molar-refractivity contribution >= 4 is 7.12 Å². The summed E-state index contributed by atoms with van der Waals surface area (Å²) in [6.07, 6.45) is 9.42. The van der Waals surface area contributed by atoms with Crippen molar-refractivity contribution < 1.29 is 19.2 Å². The van der Waals surface area contributed by atoms with E-state index in [0.29, 0.717) is 6.32 Å². The fourth-order valence-corrected chi connectivity index (χ4v) is 3.69. The fraction of sp³-hybridized carbons (Fsp3) is 1.00. The number of fused-ring (bicyclic) bond motifs is 1. The van der Waals surface area contributed by atoms with Gasteiger partial charge in [-0.3, -0.25) is 0 Å². The SMILES string of the molecule is CCCC[C@@H]1OB(O)C[C@@H]2OC3(CCCCC3)O[C@H]12. The highest BCUT2D eigenvalue weighted by molar-refractivity contribution is 6.43. The monoisotopic (exact) mass is 268 g/mol. The van der Waals surface area contributed by atoms with Crippen LogP contribution in [0.3, 0.4) is 0 Å². The predicted molar refractivity (Wildman–Crippen MR) is 72.7 cm³/mol. The van der Waals surface area contributed by atoms with Crippen LogP contribution in [-0.2, 0) is 14.1 Å². The maximum Gasteiger partial charge on any atom is 0.457 e. The highest BCUT2D eigenvalue weighted by Crippen LogP contribution is 2.45. The molecule has 2 saturated heterocycles. The van der Waals surface area contributed by atoms with Crippen molar-refractivity contribution in [3.8, 4) is 0 Å². The van der Waals surface area contributed by atoms with Crippen LogP contribution in [0.2, 0.25) is 6.32 Å². The van der Waals surface area contributed by atoms with Crippen LogP contribution in [0.25, 0.3) is 0 Å². The van der Waals surface area contributed by atoms with Gasteiger partial charge in [0.25, 0.3) is 0 Å². The van der Waals surface area contributed by atoms with Gasteiger partial charge >= 0.3 is 7.12 Å². The molecule has 1 N–H and O–H groups in total. The van der Waals surface area contributed by atoms with E-state index in [1.54, 1.807) is 0 Å². The van der Waals surface area contributed by atoms with E-state index in [1.165, 1.54) is 19.3 Å². The highest BCUT2D eigenvalue weighted by Gasteiger charge is 2.54. The molecule has 0 bridgehead atoms. The van der Waals surface area contributed by atoms with Gasteiger partial charge < -0.3 is 19.2 Å². The van der Waals surface area contributed by atoms with E-state index >= 15 is 0 Å². The van der Waals surface area contributed by atoms with E-state index in [4.69, 9.17) is 14.1 Å². The minimum atomic E-state index is -0.689.